The number of aromatic nitrogens is 2. The minimum atomic E-state index is -3.86. The summed E-state index contributed by atoms with van der Waals surface area (Å²) in [4.78, 5) is 58.0. The average Bonchev–Trinajstić information content (AvgIpc) is 4.02. The third kappa shape index (κ3) is 8.90. The van der Waals surface area contributed by atoms with Crippen LogP contribution in [0.3, 0.4) is 0 Å². The zero-order valence-corrected chi connectivity index (χ0v) is 33.0. The van der Waals surface area contributed by atoms with Gasteiger partial charge in [-0.25, -0.2) is 8.42 Å². The van der Waals surface area contributed by atoms with Crippen LogP contribution in [0.1, 0.15) is 99.3 Å². The van der Waals surface area contributed by atoms with Crippen molar-refractivity contribution in [3.8, 4) is 11.8 Å². The van der Waals surface area contributed by atoms with Crippen LogP contribution in [0.2, 0.25) is 0 Å². The molecule has 14 heteroatoms. The van der Waals surface area contributed by atoms with Gasteiger partial charge in [-0.05, 0) is 96.1 Å². The quantitative estimate of drug-likeness (QED) is 0.259. The third-order valence-electron chi connectivity index (χ3n) is 11.1. The van der Waals surface area contributed by atoms with Gasteiger partial charge < -0.3 is 19.1 Å². The molecule has 7 atom stereocenters. The highest BCUT2D eigenvalue weighted by atomic mass is 32.2. The molecule has 3 fully saturated rings. The number of ketones is 1. The van der Waals surface area contributed by atoms with E-state index < -0.39 is 56.2 Å². The Kier molecular flexibility index (Phi) is 11.4. The molecule has 2 saturated carbocycles. The maximum Gasteiger partial charge on any atom is 0.307 e. The number of nitrogens with zero attached hydrogens (tertiary/aromatic N) is 3. The van der Waals surface area contributed by atoms with Gasteiger partial charge >= 0.3 is 5.97 Å². The molecule has 1 saturated heterocycles. The highest BCUT2D eigenvalue weighted by Gasteiger charge is 2.61. The molecular weight excluding hydrogens is 713 g/mol. The molecule has 2 aliphatic heterocycles. The van der Waals surface area contributed by atoms with Gasteiger partial charge in [0.25, 0.3) is 0 Å². The van der Waals surface area contributed by atoms with E-state index in [-0.39, 0.29) is 61.1 Å². The van der Waals surface area contributed by atoms with Crippen LogP contribution in [0.25, 0.3) is 10.8 Å². The topological polar surface area (TPSA) is 171 Å². The molecule has 1 aromatic heterocycles. The van der Waals surface area contributed by atoms with Crippen molar-refractivity contribution in [3.05, 3.63) is 36.4 Å². The molecule has 0 radical (unpaired) electrons. The molecule has 13 nitrogen and oxygen atoms in total. The summed E-state index contributed by atoms with van der Waals surface area (Å²) in [7, 11) is -3.86. The number of nitrogens with one attached hydrogen (secondary N) is 1. The first-order chi connectivity index (χ1) is 25.5. The Balaban J connectivity index is 1.35. The summed E-state index contributed by atoms with van der Waals surface area (Å²) in [6, 6.07) is 6.40. The van der Waals surface area contributed by atoms with Crippen LogP contribution >= 0.6 is 0 Å². The van der Waals surface area contributed by atoms with Gasteiger partial charge in [-0.1, -0.05) is 38.1 Å². The van der Waals surface area contributed by atoms with E-state index in [1.807, 2.05) is 50.3 Å². The zero-order valence-electron chi connectivity index (χ0n) is 32.2. The Hall–Kier alpha value is -4.07. The number of carbonyl (C=O) groups is 4. The average molecular weight is 767 g/mol. The van der Waals surface area contributed by atoms with Gasteiger partial charge in [0.2, 0.25) is 33.6 Å². The summed E-state index contributed by atoms with van der Waals surface area (Å²) >= 11 is 0. The molecule has 294 valence electrons. The second-order valence-electron chi connectivity index (χ2n) is 16.8. The van der Waals surface area contributed by atoms with E-state index in [0.717, 1.165) is 12.8 Å². The van der Waals surface area contributed by atoms with Crippen LogP contribution in [0.5, 0.6) is 11.8 Å². The van der Waals surface area contributed by atoms with Crippen molar-refractivity contribution in [1.29, 1.82) is 0 Å². The first-order valence-corrected chi connectivity index (χ1v) is 20.9. The molecule has 3 heterocycles. The predicted molar refractivity (Wildman–Crippen MR) is 201 cm³/mol. The molecule has 6 rings (SSSR count). The molecule has 2 amide bonds. The van der Waals surface area contributed by atoms with Crippen molar-refractivity contribution < 1.29 is 41.8 Å². The minimum absolute atomic E-state index is 0.0319. The summed E-state index contributed by atoms with van der Waals surface area (Å²) in [5.41, 5.74) is -2.01. The summed E-state index contributed by atoms with van der Waals surface area (Å²) in [6.07, 6.45) is 6.49. The second-order valence-corrected chi connectivity index (χ2v) is 18.7. The van der Waals surface area contributed by atoms with Gasteiger partial charge in [0.1, 0.15) is 11.7 Å². The molecule has 4 aliphatic rings. The number of rotatable bonds is 9. The summed E-state index contributed by atoms with van der Waals surface area (Å²) in [5, 5.41) is 9.32. The minimum Gasteiger partial charge on any atom is -0.476 e. The van der Waals surface area contributed by atoms with Crippen molar-refractivity contribution in [2.45, 2.75) is 122 Å². The van der Waals surface area contributed by atoms with Crippen LogP contribution in [0, 0.1) is 29.1 Å². The number of fused-ring (bicyclic) bond motifs is 3. The van der Waals surface area contributed by atoms with Crippen LogP contribution in [-0.2, 0) is 33.9 Å². The number of Topliss-reactive ketones (excluding diaryl/α,β-unsaturated/α-hetero) is 1. The number of hydrogen-bond donors (Lipinski definition) is 1. The normalized spacial score (nSPS) is 30.0. The van der Waals surface area contributed by atoms with Crippen molar-refractivity contribution in [2.24, 2.45) is 29.1 Å². The van der Waals surface area contributed by atoms with E-state index in [4.69, 9.17) is 14.2 Å². The van der Waals surface area contributed by atoms with Crippen LogP contribution in [0.4, 0.5) is 0 Å². The second kappa shape index (κ2) is 15.6. The van der Waals surface area contributed by atoms with Gasteiger partial charge in [-0.2, -0.15) is 0 Å². The smallest absolute Gasteiger partial charge is 0.307 e. The molecule has 2 aromatic rings. The van der Waals surface area contributed by atoms with E-state index in [9.17, 15) is 27.6 Å². The molecule has 54 heavy (non-hydrogen) atoms. The number of esters is 1. The maximum absolute atomic E-state index is 14.8. The van der Waals surface area contributed by atoms with E-state index in [1.165, 1.54) is 4.90 Å². The van der Waals surface area contributed by atoms with Crippen molar-refractivity contribution in [1.82, 2.24) is 19.8 Å². The van der Waals surface area contributed by atoms with Gasteiger partial charge in [-0.15, -0.1) is 10.2 Å². The first kappa shape index (κ1) is 39.6. The SMILES string of the molecule is CCOc1nnc(O[C@@H]2C[C@H]3C(=O)C[C@]4(C(=O)NS(=O)(=O)C5CC5)C[C@H]4/C=C\CC[C@@H](C)C[C@@H](C)[C@H](CC(=O)OC(C)(C)C)C(=O)N3C2)c2ccccc12. The molecule has 0 unspecified atom stereocenters. The lowest BCUT2D eigenvalue weighted by Crippen LogP contribution is -2.47. The number of ether oxygens (including phenoxy) is 3. The lowest BCUT2D eigenvalue weighted by molar-refractivity contribution is -0.160. The Bertz CT molecular complexity index is 1910. The van der Waals surface area contributed by atoms with Crippen LogP contribution < -0.4 is 14.2 Å². The largest absolute Gasteiger partial charge is 0.476 e. The summed E-state index contributed by atoms with van der Waals surface area (Å²) in [6.45, 7) is 11.7. The van der Waals surface area contributed by atoms with Crippen LogP contribution in [-0.4, -0.2) is 83.2 Å². The van der Waals surface area contributed by atoms with Crippen molar-refractivity contribution in [3.63, 3.8) is 0 Å². The Morgan fingerprint density at radius 1 is 1.02 bits per heavy atom. The van der Waals surface area contributed by atoms with E-state index in [2.05, 4.69) is 21.8 Å². The number of hydrogen-bond acceptors (Lipinski definition) is 11. The standard InChI is InChI=1S/C40H54N4O9S/c1-7-51-35-29-14-10-11-15-30(29)36(42-41-35)52-27-19-32-33(45)22-40(38(48)43-54(49,50)28-16-17-28)21-26(40)13-9-8-12-24(2)18-25(3)31(37(47)44(32)23-27)20-34(46)53-39(4,5)6/h9-11,13-15,24-28,31-32H,7-8,12,16-23H2,1-6H3,(H,43,48)/b13-9-/t24-,25-,26-,27-,31+,32+,40-/m1/s1. The van der Waals surface area contributed by atoms with Crippen molar-refractivity contribution >= 4 is 44.4 Å². The molecule has 2 aliphatic carbocycles. The number of amides is 2. The summed E-state index contributed by atoms with van der Waals surface area (Å²) in [5.74, 6) is -2.42. The lowest BCUT2D eigenvalue weighted by atomic mass is 9.82. The molecule has 1 N–H and O–H groups in total. The maximum atomic E-state index is 14.8. The lowest BCUT2D eigenvalue weighted by Gasteiger charge is -2.32. The molecule has 0 spiro atoms. The third-order valence-corrected chi connectivity index (χ3v) is 13.0. The Morgan fingerprint density at radius 2 is 1.70 bits per heavy atom. The first-order valence-electron chi connectivity index (χ1n) is 19.3. The number of benzene rings is 1. The highest BCUT2D eigenvalue weighted by molar-refractivity contribution is 7.90. The number of sulfonamides is 1. The van der Waals surface area contributed by atoms with E-state index in [1.54, 1.807) is 20.8 Å². The molecule has 0 bridgehead atoms. The summed E-state index contributed by atoms with van der Waals surface area (Å²) < 4.78 is 45.9. The Morgan fingerprint density at radius 3 is 2.37 bits per heavy atom. The Labute approximate surface area is 318 Å². The fourth-order valence-electron chi connectivity index (χ4n) is 8.09. The van der Waals surface area contributed by atoms with Gasteiger partial charge in [-0.3, -0.25) is 23.9 Å². The monoisotopic (exact) mass is 766 g/mol. The van der Waals surface area contributed by atoms with Gasteiger partial charge in [0, 0.05) is 12.8 Å². The fourth-order valence-corrected chi connectivity index (χ4v) is 9.48. The molecular formula is C40H54N4O9S. The predicted octanol–water partition coefficient (Wildman–Crippen LogP) is 5.31. The number of carbonyl (C=O) groups excluding carboxylic acids is 4. The van der Waals surface area contributed by atoms with Crippen LogP contribution in [0.15, 0.2) is 36.4 Å². The number of allylic oxidation sites excluding steroid dienone is 2. The van der Waals surface area contributed by atoms with Gasteiger partial charge in [0.05, 0.1) is 53.0 Å². The highest BCUT2D eigenvalue weighted by Crippen LogP contribution is 2.57. The van der Waals surface area contributed by atoms with Crippen molar-refractivity contribution in [2.75, 3.05) is 13.2 Å². The molecule has 1 aromatic carbocycles. The zero-order chi connectivity index (χ0) is 39.0. The fraction of sp³-hybridized carbons (Fsp3) is 0.650. The van der Waals surface area contributed by atoms with Gasteiger partial charge in [0.15, 0.2) is 5.78 Å². The van der Waals surface area contributed by atoms with E-state index in [0.29, 0.717) is 48.9 Å². The van der Waals surface area contributed by atoms with E-state index >= 15 is 0 Å².